The summed E-state index contributed by atoms with van der Waals surface area (Å²) < 4.78 is 1.62. The maximum atomic E-state index is 12.5. The first-order valence-corrected chi connectivity index (χ1v) is 7.41. The first-order chi connectivity index (χ1) is 10.4. The summed E-state index contributed by atoms with van der Waals surface area (Å²) in [6.45, 7) is 1.36. The number of rotatable bonds is 3. The van der Waals surface area contributed by atoms with E-state index in [-0.39, 0.29) is 5.91 Å². The van der Waals surface area contributed by atoms with Crippen LogP contribution in [-0.2, 0) is 0 Å². The number of nitrogens with zero attached hydrogens (tertiary/aromatic N) is 5. The lowest BCUT2D eigenvalue weighted by Gasteiger charge is -2.26. The summed E-state index contributed by atoms with van der Waals surface area (Å²) in [6.07, 6.45) is 5.32. The third kappa shape index (κ3) is 2.92. The van der Waals surface area contributed by atoms with Gasteiger partial charge in [-0.1, -0.05) is 11.6 Å². The fraction of sp³-hybridized carbons (Fsp3) is 0.500. The molecule has 22 heavy (non-hydrogen) atoms. The van der Waals surface area contributed by atoms with Crippen LogP contribution in [0.4, 0.5) is 0 Å². The highest BCUT2D eigenvalue weighted by atomic mass is 35.5. The van der Waals surface area contributed by atoms with Gasteiger partial charge in [0.1, 0.15) is 5.69 Å². The van der Waals surface area contributed by atoms with E-state index in [9.17, 15) is 9.90 Å². The highest BCUT2D eigenvalue weighted by Crippen LogP contribution is 2.23. The predicted molar refractivity (Wildman–Crippen MR) is 82.0 cm³/mol. The lowest BCUT2D eigenvalue weighted by molar-refractivity contribution is 0.0235. The van der Waals surface area contributed by atoms with Crippen molar-refractivity contribution in [2.45, 2.75) is 12.0 Å². The summed E-state index contributed by atoms with van der Waals surface area (Å²) in [5, 5.41) is 11.0. The minimum absolute atomic E-state index is 0.198. The van der Waals surface area contributed by atoms with E-state index in [2.05, 4.69) is 9.97 Å². The second-order valence-electron chi connectivity index (χ2n) is 6.04. The third-order valence-electron chi connectivity index (χ3n) is 3.73. The van der Waals surface area contributed by atoms with Crippen molar-refractivity contribution in [2.75, 3.05) is 33.7 Å². The summed E-state index contributed by atoms with van der Waals surface area (Å²) in [5.41, 5.74) is -0.552. The Morgan fingerprint density at radius 1 is 1.50 bits per heavy atom. The average Bonchev–Trinajstić information content (AvgIpc) is 3.00. The van der Waals surface area contributed by atoms with Gasteiger partial charge in [-0.3, -0.25) is 9.20 Å². The quantitative estimate of drug-likeness (QED) is 0.891. The normalized spacial score (nSPS) is 22.0. The van der Waals surface area contributed by atoms with Crippen LogP contribution in [0.3, 0.4) is 0 Å². The van der Waals surface area contributed by atoms with Crippen LogP contribution in [0, 0.1) is 0 Å². The molecule has 1 aliphatic rings. The van der Waals surface area contributed by atoms with Gasteiger partial charge in [0.15, 0.2) is 0 Å². The molecule has 1 fully saturated rings. The summed E-state index contributed by atoms with van der Waals surface area (Å²) in [7, 11) is 3.81. The van der Waals surface area contributed by atoms with Gasteiger partial charge in [0.25, 0.3) is 5.91 Å². The van der Waals surface area contributed by atoms with Crippen LogP contribution in [0.25, 0.3) is 5.78 Å². The highest BCUT2D eigenvalue weighted by Gasteiger charge is 2.39. The van der Waals surface area contributed by atoms with Crippen LogP contribution in [0.1, 0.15) is 16.9 Å². The van der Waals surface area contributed by atoms with Crippen LogP contribution >= 0.6 is 11.6 Å². The second-order valence-corrected chi connectivity index (χ2v) is 6.48. The molecule has 1 unspecified atom stereocenters. The number of imidazole rings is 1. The fourth-order valence-corrected chi connectivity index (χ4v) is 3.03. The van der Waals surface area contributed by atoms with Gasteiger partial charge in [0, 0.05) is 25.5 Å². The molecule has 3 rings (SSSR count). The van der Waals surface area contributed by atoms with Crippen molar-refractivity contribution in [3.8, 4) is 0 Å². The Balaban J connectivity index is 1.79. The van der Waals surface area contributed by atoms with E-state index in [1.54, 1.807) is 21.7 Å². The number of halogens is 1. The van der Waals surface area contributed by atoms with Gasteiger partial charge >= 0.3 is 0 Å². The molecule has 2 aromatic heterocycles. The van der Waals surface area contributed by atoms with Crippen molar-refractivity contribution in [1.29, 1.82) is 0 Å². The van der Waals surface area contributed by atoms with E-state index in [0.29, 0.717) is 42.5 Å². The number of amides is 1. The maximum Gasteiger partial charge on any atom is 0.274 e. The number of likely N-dealkylation sites (N-methyl/N-ethyl adjacent to an activating group) is 1. The van der Waals surface area contributed by atoms with E-state index in [1.165, 1.54) is 6.20 Å². The monoisotopic (exact) mass is 323 g/mol. The molecule has 0 aromatic carbocycles. The van der Waals surface area contributed by atoms with Crippen molar-refractivity contribution in [3.05, 3.63) is 29.3 Å². The summed E-state index contributed by atoms with van der Waals surface area (Å²) in [5.74, 6) is 0.229. The molecule has 1 amide bonds. The van der Waals surface area contributed by atoms with Gasteiger partial charge in [0.05, 0.1) is 23.4 Å². The first-order valence-electron chi connectivity index (χ1n) is 7.03. The number of hydrogen-bond acceptors (Lipinski definition) is 5. The molecular formula is C14H18ClN5O2. The van der Waals surface area contributed by atoms with Crippen molar-refractivity contribution in [2.24, 2.45) is 0 Å². The van der Waals surface area contributed by atoms with Crippen LogP contribution in [-0.4, -0.2) is 74.5 Å². The summed E-state index contributed by atoms with van der Waals surface area (Å²) >= 11 is 5.88. The number of hydrogen-bond donors (Lipinski definition) is 1. The van der Waals surface area contributed by atoms with Gasteiger partial charge in [-0.2, -0.15) is 0 Å². The Morgan fingerprint density at radius 3 is 3.00 bits per heavy atom. The van der Waals surface area contributed by atoms with Crippen molar-refractivity contribution < 1.29 is 9.90 Å². The number of β-amino-alcohol motifs (C(OH)–C–C–N with tert-alkyl or cyclic N) is 1. The molecule has 1 atom stereocenters. The molecule has 118 valence electrons. The zero-order valence-corrected chi connectivity index (χ0v) is 13.3. The lowest BCUT2D eigenvalue weighted by Crippen LogP contribution is -2.43. The Morgan fingerprint density at radius 2 is 2.27 bits per heavy atom. The van der Waals surface area contributed by atoms with Crippen molar-refractivity contribution >= 4 is 23.3 Å². The topological polar surface area (TPSA) is 74.0 Å². The second kappa shape index (κ2) is 5.49. The molecular weight excluding hydrogens is 306 g/mol. The van der Waals surface area contributed by atoms with E-state index in [0.717, 1.165) is 0 Å². The minimum Gasteiger partial charge on any atom is -0.387 e. The molecule has 1 saturated heterocycles. The van der Waals surface area contributed by atoms with E-state index in [4.69, 9.17) is 11.6 Å². The molecule has 1 aliphatic heterocycles. The van der Waals surface area contributed by atoms with Crippen LogP contribution in [0.5, 0.6) is 0 Å². The fourth-order valence-electron chi connectivity index (χ4n) is 2.87. The molecule has 3 heterocycles. The van der Waals surface area contributed by atoms with E-state index in [1.807, 2.05) is 19.0 Å². The zero-order chi connectivity index (χ0) is 15.9. The smallest absolute Gasteiger partial charge is 0.274 e. The van der Waals surface area contributed by atoms with Crippen molar-refractivity contribution in [3.63, 3.8) is 0 Å². The Hall–Kier alpha value is -1.70. The SMILES string of the molecule is CN(C)CC1(O)CCN(C(=O)c2cn3cc(Cl)cnc3n2)C1. The summed E-state index contributed by atoms with van der Waals surface area (Å²) in [4.78, 5) is 24.4. The number of likely N-dealkylation sites (tertiary alicyclic amines) is 1. The van der Waals surface area contributed by atoms with Crippen LogP contribution in [0.15, 0.2) is 18.6 Å². The summed E-state index contributed by atoms with van der Waals surface area (Å²) in [6, 6.07) is 0. The van der Waals surface area contributed by atoms with Gasteiger partial charge in [-0.05, 0) is 20.5 Å². The molecule has 8 heteroatoms. The largest absolute Gasteiger partial charge is 0.387 e. The van der Waals surface area contributed by atoms with Gasteiger partial charge in [0.2, 0.25) is 5.78 Å². The standard InChI is InChI=1S/C14H18ClN5O2/c1-18(2)8-14(22)3-4-19(9-14)12(21)11-7-20-6-10(15)5-16-13(20)17-11/h5-7,22H,3-4,8-9H2,1-2H3. The van der Waals surface area contributed by atoms with E-state index >= 15 is 0 Å². The maximum absolute atomic E-state index is 12.5. The number of carbonyl (C=O) groups excluding carboxylic acids is 1. The van der Waals surface area contributed by atoms with Crippen LogP contribution in [0.2, 0.25) is 5.02 Å². The third-order valence-corrected chi connectivity index (χ3v) is 3.92. The Kier molecular flexibility index (Phi) is 3.80. The highest BCUT2D eigenvalue weighted by molar-refractivity contribution is 6.30. The lowest BCUT2D eigenvalue weighted by atomic mass is 10.0. The average molecular weight is 324 g/mol. The molecule has 2 aromatic rings. The number of aliphatic hydroxyl groups is 1. The van der Waals surface area contributed by atoms with Gasteiger partial charge < -0.3 is 14.9 Å². The molecule has 7 nitrogen and oxygen atoms in total. The Labute approximate surface area is 133 Å². The van der Waals surface area contributed by atoms with Crippen LogP contribution < -0.4 is 0 Å². The van der Waals surface area contributed by atoms with E-state index < -0.39 is 5.60 Å². The molecule has 0 aliphatic carbocycles. The molecule has 0 bridgehead atoms. The minimum atomic E-state index is -0.861. The molecule has 0 spiro atoms. The van der Waals surface area contributed by atoms with Crippen molar-refractivity contribution in [1.82, 2.24) is 24.2 Å². The van der Waals surface area contributed by atoms with Gasteiger partial charge in [-0.25, -0.2) is 9.97 Å². The van der Waals surface area contributed by atoms with Gasteiger partial charge in [-0.15, -0.1) is 0 Å². The molecule has 0 radical (unpaired) electrons. The zero-order valence-electron chi connectivity index (χ0n) is 12.5. The molecule has 0 saturated carbocycles. The first kappa shape index (κ1) is 15.2. The molecule has 1 N–H and O–H groups in total. The number of carbonyl (C=O) groups is 1. The number of aromatic nitrogens is 3. The number of fused-ring (bicyclic) bond motifs is 1. The Bertz CT molecular complexity index is 716. The predicted octanol–water partition coefficient (Wildman–Crippen LogP) is 0.521.